The lowest BCUT2D eigenvalue weighted by Gasteiger charge is -2.16. The molecule has 0 heterocycles. The van der Waals surface area contributed by atoms with Crippen LogP contribution in [0.4, 0.5) is 5.69 Å². The zero-order chi connectivity index (χ0) is 19.6. The number of ether oxygens (including phenoxy) is 2. The van der Waals surface area contributed by atoms with Gasteiger partial charge in [0.25, 0.3) is 5.91 Å². The summed E-state index contributed by atoms with van der Waals surface area (Å²) in [4.78, 5) is 14.3. The van der Waals surface area contributed by atoms with Gasteiger partial charge in [0.05, 0.1) is 38.8 Å². The van der Waals surface area contributed by atoms with Crippen molar-refractivity contribution >= 4 is 23.4 Å². The lowest BCUT2D eigenvalue weighted by atomic mass is 10.2. The maximum Gasteiger partial charge on any atom is 0.279 e. The normalized spacial score (nSPS) is 11.3. The fourth-order valence-electron chi connectivity index (χ4n) is 2.68. The molecule has 0 aromatic heterocycles. The first kappa shape index (κ1) is 20.6. The molecule has 2 aromatic carbocycles. The van der Waals surface area contributed by atoms with Crippen molar-refractivity contribution in [3.8, 4) is 17.6 Å². The number of quaternary nitrogens is 1. The molecule has 6 nitrogen and oxygen atoms in total. The summed E-state index contributed by atoms with van der Waals surface area (Å²) in [5.74, 6) is 1.63. The highest BCUT2D eigenvalue weighted by atomic mass is 32.2. The summed E-state index contributed by atoms with van der Waals surface area (Å²) < 4.78 is 10.6. The monoisotopic (exact) mass is 386 g/mol. The molecule has 2 rings (SSSR count). The molecule has 2 aromatic rings. The Morgan fingerprint density at radius 3 is 2.63 bits per heavy atom. The molecule has 0 saturated heterocycles. The van der Waals surface area contributed by atoms with Gasteiger partial charge >= 0.3 is 0 Å². The third-order valence-corrected chi connectivity index (χ3v) is 4.81. The van der Waals surface area contributed by atoms with E-state index in [1.165, 1.54) is 11.8 Å². The highest BCUT2D eigenvalue weighted by molar-refractivity contribution is 7.99. The predicted octanol–water partition coefficient (Wildman–Crippen LogP) is 1.97. The van der Waals surface area contributed by atoms with Crippen LogP contribution in [0.5, 0.6) is 11.5 Å². The van der Waals surface area contributed by atoms with Crippen LogP contribution in [0.25, 0.3) is 0 Å². The van der Waals surface area contributed by atoms with Gasteiger partial charge in [0.2, 0.25) is 0 Å². The fourth-order valence-corrected chi connectivity index (χ4v) is 3.35. The molecule has 0 fully saturated rings. The molecule has 2 N–H and O–H groups in total. The largest absolute Gasteiger partial charge is 0.493 e. The van der Waals surface area contributed by atoms with Gasteiger partial charge in [0, 0.05) is 10.5 Å². The van der Waals surface area contributed by atoms with Crippen LogP contribution in [0.3, 0.4) is 0 Å². The zero-order valence-electron chi connectivity index (χ0n) is 15.7. The van der Waals surface area contributed by atoms with Gasteiger partial charge in [-0.25, -0.2) is 0 Å². The van der Waals surface area contributed by atoms with E-state index in [0.717, 1.165) is 21.0 Å². The molecule has 27 heavy (non-hydrogen) atoms. The molecule has 1 unspecified atom stereocenters. The van der Waals surface area contributed by atoms with Gasteiger partial charge in [-0.15, -0.1) is 11.8 Å². The molecule has 0 radical (unpaired) electrons. The van der Waals surface area contributed by atoms with Crippen LogP contribution >= 0.6 is 11.8 Å². The van der Waals surface area contributed by atoms with E-state index in [-0.39, 0.29) is 5.91 Å². The number of rotatable bonds is 9. The minimum atomic E-state index is -0.0713. The highest BCUT2D eigenvalue weighted by Gasteiger charge is 2.14. The first-order chi connectivity index (χ1) is 13.1. The quantitative estimate of drug-likeness (QED) is 0.645. The summed E-state index contributed by atoms with van der Waals surface area (Å²) in [5, 5.41) is 11.7. The number of nitrogens with one attached hydrogen (secondary N) is 2. The Balaban J connectivity index is 1.95. The second-order valence-electron chi connectivity index (χ2n) is 5.99. The second kappa shape index (κ2) is 10.5. The number of anilines is 1. The number of hydrogen-bond donors (Lipinski definition) is 2. The van der Waals surface area contributed by atoms with E-state index in [0.29, 0.717) is 30.3 Å². The number of carbonyl (C=O) groups is 1. The molecule has 0 aliphatic carbocycles. The Bertz CT molecular complexity index is 820. The number of para-hydroxylation sites is 1. The molecule has 0 bridgehead atoms. The lowest BCUT2D eigenvalue weighted by molar-refractivity contribution is -0.885. The van der Waals surface area contributed by atoms with E-state index < -0.39 is 0 Å². The van der Waals surface area contributed by atoms with Crippen molar-refractivity contribution in [2.24, 2.45) is 0 Å². The van der Waals surface area contributed by atoms with E-state index in [1.54, 1.807) is 14.2 Å². The van der Waals surface area contributed by atoms with Crippen LogP contribution in [-0.2, 0) is 11.3 Å². The Morgan fingerprint density at radius 1 is 1.19 bits per heavy atom. The number of nitrogens with zero attached hydrogens (tertiary/aromatic N) is 1. The van der Waals surface area contributed by atoms with Crippen molar-refractivity contribution in [1.29, 1.82) is 5.26 Å². The van der Waals surface area contributed by atoms with Crippen molar-refractivity contribution < 1.29 is 19.2 Å². The SMILES string of the molecule is COc1ccc(C[NH+](C)CC(=O)Nc2ccccc2SCC#N)cc1OC. The topological polar surface area (TPSA) is 75.8 Å². The van der Waals surface area contributed by atoms with Crippen LogP contribution in [0.15, 0.2) is 47.4 Å². The third-order valence-electron chi connectivity index (χ3n) is 3.87. The third kappa shape index (κ3) is 6.20. The van der Waals surface area contributed by atoms with Gasteiger partial charge in [-0.05, 0) is 30.3 Å². The van der Waals surface area contributed by atoms with Crippen molar-refractivity contribution in [3.05, 3.63) is 48.0 Å². The smallest absolute Gasteiger partial charge is 0.279 e. The standard InChI is InChI=1S/C20H23N3O3S/c1-23(13-15-8-9-17(25-2)18(12-15)26-3)14-20(24)22-16-6-4-5-7-19(16)27-11-10-21/h4-9,12H,11,13-14H2,1-3H3,(H,22,24)/p+1. The van der Waals surface area contributed by atoms with Gasteiger partial charge < -0.3 is 19.7 Å². The molecule has 7 heteroatoms. The molecule has 0 saturated carbocycles. The van der Waals surface area contributed by atoms with Crippen LogP contribution in [0, 0.1) is 11.3 Å². The minimum absolute atomic E-state index is 0.0713. The van der Waals surface area contributed by atoms with Crippen molar-refractivity contribution in [2.45, 2.75) is 11.4 Å². The van der Waals surface area contributed by atoms with Crippen molar-refractivity contribution in [1.82, 2.24) is 0 Å². The number of amides is 1. The Kier molecular flexibility index (Phi) is 7.99. The van der Waals surface area contributed by atoms with Crippen LogP contribution in [0.1, 0.15) is 5.56 Å². The number of benzene rings is 2. The summed E-state index contributed by atoms with van der Waals surface area (Å²) in [7, 11) is 5.17. The van der Waals surface area contributed by atoms with E-state index in [2.05, 4.69) is 11.4 Å². The second-order valence-corrected chi connectivity index (χ2v) is 7.01. The number of hydrogen-bond acceptors (Lipinski definition) is 5. The molecular formula is C20H24N3O3S+. The number of nitriles is 1. The maximum atomic E-state index is 12.4. The number of methoxy groups -OCH3 is 2. The molecule has 1 amide bonds. The average Bonchev–Trinajstić information content (AvgIpc) is 2.67. The summed E-state index contributed by atoms with van der Waals surface area (Å²) in [6.45, 7) is 1.00. The van der Waals surface area contributed by atoms with Crippen LogP contribution in [-0.4, -0.2) is 39.5 Å². The molecule has 0 spiro atoms. The van der Waals surface area contributed by atoms with Gasteiger partial charge in [-0.1, -0.05) is 12.1 Å². The van der Waals surface area contributed by atoms with E-state index in [4.69, 9.17) is 14.7 Å². The van der Waals surface area contributed by atoms with Crippen LogP contribution < -0.4 is 19.7 Å². The summed E-state index contributed by atoms with van der Waals surface area (Å²) in [6.07, 6.45) is 0. The number of likely N-dealkylation sites (N-methyl/N-ethyl adjacent to an activating group) is 1. The molecule has 0 aliphatic rings. The van der Waals surface area contributed by atoms with Gasteiger partial charge in [0.1, 0.15) is 6.54 Å². The summed E-state index contributed by atoms with van der Waals surface area (Å²) in [5.41, 5.74) is 1.80. The highest BCUT2D eigenvalue weighted by Crippen LogP contribution is 2.27. The average molecular weight is 386 g/mol. The van der Waals surface area contributed by atoms with Crippen molar-refractivity contribution in [2.75, 3.05) is 38.9 Å². The summed E-state index contributed by atoms with van der Waals surface area (Å²) in [6, 6.07) is 15.4. The summed E-state index contributed by atoms with van der Waals surface area (Å²) >= 11 is 1.41. The Morgan fingerprint density at radius 2 is 1.93 bits per heavy atom. The fraction of sp³-hybridized carbons (Fsp3) is 0.300. The van der Waals surface area contributed by atoms with E-state index >= 15 is 0 Å². The molecule has 0 aliphatic heterocycles. The molecule has 1 atom stereocenters. The predicted molar refractivity (Wildman–Crippen MR) is 106 cm³/mol. The van der Waals surface area contributed by atoms with E-state index in [9.17, 15) is 4.79 Å². The minimum Gasteiger partial charge on any atom is -0.493 e. The lowest BCUT2D eigenvalue weighted by Crippen LogP contribution is -3.08. The molecule has 142 valence electrons. The van der Waals surface area contributed by atoms with Gasteiger partial charge in [0.15, 0.2) is 18.0 Å². The Labute approximate surface area is 164 Å². The first-order valence-electron chi connectivity index (χ1n) is 8.48. The van der Waals surface area contributed by atoms with Gasteiger partial charge in [-0.2, -0.15) is 5.26 Å². The molecular weight excluding hydrogens is 362 g/mol. The van der Waals surface area contributed by atoms with Crippen LogP contribution in [0.2, 0.25) is 0 Å². The number of thioether (sulfide) groups is 1. The zero-order valence-corrected chi connectivity index (χ0v) is 16.6. The first-order valence-corrected chi connectivity index (χ1v) is 9.46. The Hall–Kier alpha value is -2.69. The van der Waals surface area contributed by atoms with E-state index in [1.807, 2.05) is 49.5 Å². The maximum absolute atomic E-state index is 12.4. The van der Waals surface area contributed by atoms with Crippen molar-refractivity contribution in [3.63, 3.8) is 0 Å². The number of carbonyl (C=O) groups excluding carboxylic acids is 1. The van der Waals surface area contributed by atoms with Gasteiger partial charge in [-0.3, -0.25) is 4.79 Å².